The van der Waals surface area contributed by atoms with Crippen LogP contribution in [0.1, 0.15) is 12.5 Å². The third kappa shape index (κ3) is 5.47. The summed E-state index contributed by atoms with van der Waals surface area (Å²) in [6.45, 7) is 2.27. The van der Waals surface area contributed by atoms with Crippen molar-refractivity contribution in [1.29, 1.82) is 0 Å². The summed E-state index contributed by atoms with van der Waals surface area (Å²) < 4.78 is 32.1. The maximum Gasteiger partial charge on any atom is 0.330 e. The molecule has 31 heavy (non-hydrogen) atoms. The first-order valence-electron chi connectivity index (χ1n) is 9.49. The largest absolute Gasteiger partial charge is 0.463 e. The van der Waals surface area contributed by atoms with Gasteiger partial charge in [0, 0.05) is 24.4 Å². The number of fused-ring (bicyclic) bond motifs is 1. The maximum absolute atomic E-state index is 13.0. The molecule has 1 aliphatic heterocycles. The lowest BCUT2D eigenvalue weighted by atomic mass is 10.2. The van der Waals surface area contributed by atoms with E-state index in [1.54, 1.807) is 25.1 Å². The zero-order valence-corrected chi connectivity index (χ0v) is 18.3. The van der Waals surface area contributed by atoms with E-state index in [2.05, 4.69) is 15.4 Å². The highest BCUT2D eigenvalue weighted by Crippen LogP contribution is 2.32. The van der Waals surface area contributed by atoms with Crippen LogP contribution in [0.5, 0.6) is 0 Å². The molecule has 1 heterocycles. The Labute approximate surface area is 185 Å². The minimum absolute atomic E-state index is 0.00239. The Bertz CT molecular complexity index is 1130. The zero-order chi connectivity index (χ0) is 22.4. The summed E-state index contributed by atoms with van der Waals surface area (Å²) in [6.07, 6.45) is 2.68. The topological polar surface area (TPSA) is 105 Å². The normalized spacial score (nSPS) is 13.0. The highest BCUT2D eigenvalue weighted by atomic mass is 32.2. The second-order valence-corrected chi connectivity index (χ2v) is 8.78. The van der Waals surface area contributed by atoms with E-state index in [4.69, 9.17) is 12.2 Å². The molecule has 0 unspecified atom stereocenters. The van der Waals surface area contributed by atoms with Crippen molar-refractivity contribution in [3.8, 4) is 0 Å². The Morgan fingerprint density at radius 3 is 2.55 bits per heavy atom. The number of hydrogen-bond donors (Lipinski definition) is 2. The molecule has 10 heteroatoms. The molecule has 0 saturated heterocycles. The Hall–Kier alpha value is -3.24. The monoisotopic (exact) mass is 459 g/mol. The van der Waals surface area contributed by atoms with Gasteiger partial charge in [0.05, 0.1) is 17.2 Å². The highest BCUT2D eigenvalue weighted by molar-refractivity contribution is 7.92. The molecule has 0 aromatic heterocycles. The summed E-state index contributed by atoms with van der Waals surface area (Å²) in [5.41, 5.74) is 2.20. The SMILES string of the molecule is CCOC(=O)C=CC(=O)NC(=S)Nc1ccc(S(=O)(=O)N2CCc3ccccc32)cc1. The summed E-state index contributed by atoms with van der Waals surface area (Å²) in [5, 5.41) is 5.18. The fraction of sp³-hybridized carbons (Fsp3) is 0.190. The number of nitrogens with one attached hydrogen (secondary N) is 2. The number of sulfonamides is 1. The van der Waals surface area contributed by atoms with E-state index in [0.29, 0.717) is 24.3 Å². The van der Waals surface area contributed by atoms with Gasteiger partial charge in [-0.3, -0.25) is 14.4 Å². The van der Waals surface area contributed by atoms with E-state index >= 15 is 0 Å². The van der Waals surface area contributed by atoms with E-state index in [9.17, 15) is 18.0 Å². The van der Waals surface area contributed by atoms with Gasteiger partial charge in [0.15, 0.2) is 5.11 Å². The molecule has 0 atom stereocenters. The van der Waals surface area contributed by atoms with Crippen molar-refractivity contribution in [2.75, 3.05) is 22.8 Å². The third-order valence-corrected chi connectivity index (χ3v) is 6.47. The van der Waals surface area contributed by atoms with Crippen LogP contribution in [0.4, 0.5) is 11.4 Å². The van der Waals surface area contributed by atoms with Gasteiger partial charge in [-0.1, -0.05) is 18.2 Å². The molecule has 2 aromatic rings. The first-order valence-corrected chi connectivity index (χ1v) is 11.3. The molecule has 2 aromatic carbocycles. The number of thiocarbonyl (C=S) groups is 1. The van der Waals surface area contributed by atoms with Gasteiger partial charge in [0.2, 0.25) is 5.91 Å². The van der Waals surface area contributed by atoms with Crippen LogP contribution in [0.3, 0.4) is 0 Å². The second-order valence-electron chi connectivity index (χ2n) is 6.51. The Morgan fingerprint density at radius 2 is 1.84 bits per heavy atom. The summed E-state index contributed by atoms with van der Waals surface area (Å²) in [5.74, 6) is -1.23. The van der Waals surface area contributed by atoms with Gasteiger partial charge in [0.1, 0.15) is 0 Å². The van der Waals surface area contributed by atoms with Crippen LogP contribution < -0.4 is 14.9 Å². The van der Waals surface area contributed by atoms with Gasteiger partial charge in [-0.05, 0) is 61.5 Å². The molecule has 3 rings (SSSR count). The van der Waals surface area contributed by atoms with Crippen molar-refractivity contribution < 1.29 is 22.7 Å². The molecule has 0 radical (unpaired) electrons. The molecule has 0 aliphatic carbocycles. The molecule has 1 amide bonds. The van der Waals surface area contributed by atoms with E-state index < -0.39 is 21.9 Å². The lowest BCUT2D eigenvalue weighted by molar-refractivity contribution is -0.137. The Kier molecular flexibility index (Phi) is 7.03. The van der Waals surface area contributed by atoms with Gasteiger partial charge in [-0.15, -0.1) is 0 Å². The van der Waals surface area contributed by atoms with Gasteiger partial charge < -0.3 is 10.1 Å². The second kappa shape index (κ2) is 9.71. The molecule has 1 aliphatic rings. The number of hydrogen-bond acceptors (Lipinski definition) is 6. The number of para-hydroxylation sites is 1. The van der Waals surface area contributed by atoms with Gasteiger partial charge >= 0.3 is 5.97 Å². The van der Waals surface area contributed by atoms with Gasteiger partial charge in [-0.25, -0.2) is 13.2 Å². The first kappa shape index (κ1) is 22.4. The summed E-state index contributed by atoms with van der Waals surface area (Å²) in [7, 11) is -3.69. The Morgan fingerprint density at radius 1 is 1.13 bits per heavy atom. The number of ether oxygens (including phenoxy) is 1. The number of benzene rings is 2. The fourth-order valence-electron chi connectivity index (χ4n) is 3.05. The van der Waals surface area contributed by atoms with Crippen LogP contribution in [-0.4, -0.2) is 38.6 Å². The predicted octanol–water partition coefficient (Wildman–Crippen LogP) is 2.37. The van der Waals surface area contributed by atoms with Crippen LogP contribution in [-0.2, 0) is 30.8 Å². The number of carbonyl (C=O) groups excluding carboxylic acids is 2. The van der Waals surface area contributed by atoms with Crippen LogP contribution in [0.2, 0.25) is 0 Å². The first-order chi connectivity index (χ1) is 14.8. The van der Waals surface area contributed by atoms with Crippen LogP contribution in [0.15, 0.2) is 65.6 Å². The number of anilines is 2. The summed E-state index contributed by atoms with van der Waals surface area (Å²) in [4.78, 5) is 23.1. The molecular formula is C21H21N3O5S2. The van der Waals surface area contributed by atoms with Crippen LogP contribution in [0, 0.1) is 0 Å². The number of rotatable bonds is 6. The van der Waals surface area contributed by atoms with E-state index in [-0.39, 0.29) is 16.6 Å². The lowest BCUT2D eigenvalue weighted by Gasteiger charge is -2.19. The molecule has 0 fully saturated rings. The van der Waals surface area contributed by atoms with Crippen molar-refractivity contribution in [3.63, 3.8) is 0 Å². The van der Waals surface area contributed by atoms with Gasteiger partial charge in [0.25, 0.3) is 10.0 Å². The lowest BCUT2D eigenvalue weighted by Crippen LogP contribution is -2.33. The third-order valence-electron chi connectivity index (χ3n) is 4.44. The van der Waals surface area contributed by atoms with Crippen molar-refractivity contribution in [2.45, 2.75) is 18.2 Å². The predicted molar refractivity (Wildman–Crippen MR) is 121 cm³/mol. The van der Waals surface area contributed by atoms with Crippen molar-refractivity contribution in [3.05, 3.63) is 66.2 Å². The molecule has 0 bridgehead atoms. The van der Waals surface area contributed by atoms with Crippen molar-refractivity contribution >= 4 is 50.6 Å². The standard InChI is InChI=1S/C21H21N3O5S2/c1-2-29-20(26)12-11-19(25)23-21(30)22-16-7-9-17(10-8-16)31(27,28)24-14-13-15-5-3-4-6-18(15)24/h3-12H,2,13-14H2,1H3,(H2,22,23,25,30). The minimum atomic E-state index is -3.69. The van der Waals surface area contributed by atoms with E-state index in [0.717, 1.165) is 17.7 Å². The molecule has 8 nitrogen and oxygen atoms in total. The van der Waals surface area contributed by atoms with E-state index in [1.165, 1.54) is 16.4 Å². The average Bonchev–Trinajstić information content (AvgIpc) is 3.18. The number of esters is 1. The summed E-state index contributed by atoms with van der Waals surface area (Å²) >= 11 is 5.06. The number of amides is 1. The molecule has 0 saturated carbocycles. The van der Waals surface area contributed by atoms with E-state index in [1.807, 2.05) is 18.2 Å². The molecule has 2 N–H and O–H groups in total. The minimum Gasteiger partial charge on any atom is -0.463 e. The quantitative estimate of drug-likeness (QED) is 0.388. The number of nitrogens with zero attached hydrogens (tertiary/aromatic N) is 1. The molecular weight excluding hydrogens is 438 g/mol. The van der Waals surface area contributed by atoms with Gasteiger partial charge in [-0.2, -0.15) is 0 Å². The van der Waals surface area contributed by atoms with Crippen molar-refractivity contribution in [1.82, 2.24) is 5.32 Å². The smallest absolute Gasteiger partial charge is 0.330 e. The zero-order valence-electron chi connectivity index (χ0n) is 16.7. The fourth-order valence-corrected chi connectivity index (χ4v) is 4.77. The van der Waals surface area contributed by atoms with Crippen LogP contribution in [0.25, 0.3) is 0 Å². The Balaban J connectivity index is 1.62. The highest BCUT2D eigenvalue weighted by Gasteiger charge is 2.30. The number of carbonyl (C=O) groups is 2. The van der Waals surface area contributed by atoms with Crippen LogP contribution >= 0.6 is 12.2 Å². The summed E-state index contributed by atoms with van der Waals surface area (Å²) in [6, 6.07) is 13.5. The molecule has 0 spiro atoms. The average molecular weight is 460 g/mol. The van der Waals surface area contributed by atoms with Crippen molar-refractivity contribution in [2.24, 2.45) is 0 Å². The maximum atomic E-state index is 13.0. The molecule has 162 valence electrons.